The fourth-order valence-corrected chi connectivity index (χ4v) is 1.82. The topological polar surface area (TPSA) is 26.3 Å². The number of hydrogen-bond donors (Lipinski definition) is 0. The largest absolute Gasteiger partial charge is 0.463 e. The van der Waals surface area contributed by atoms with Gasteiger partial charge in [-0.05, 0) is 31.9 Å². The maximum absolute atomic E-state index is 11.2. The Balaban J connectivity index is 2.48. The van der Waals surface area contributed by atoms with Crippen molar-refractivity contribution in [1.82, 2.24) is 0 Å². The van der Waals surface area contributed by atoms with Crippen LogP contribution in [0.1, 0.15) is 26.3 Å². The Morgan fingerprint density at radius 3 is 2.17 bits per heavy atom. The highest BCUT2D eigenvalue weighted by atomic mass is 16.5. The van der Waals surface area contributed by atoms with Gasteiger partial charge in [-0.3, -0.25) is 0 Å². The van der Waals surface area contributed by atoms with Gasteiger partial charge in [0.05, 0.1) is 6.61 Å². The molecule has 1 rings (SSSR count). The third kappa shape index (κ3) is 9.10. The Hall–Kier alpha value is -2.61. The van der Waals surface area contributed by atoms with Crippen molar-refractivity contribution in [3.63, 3.8) is 0 Å². The zero-order valence-electron chi connectivity index (χ0n) is 14.0. The first-order valence-corrected chi connectivity index (χ1v) is 7.71. The number of benzene rings is 1. The van der Waals surface area contributed by atoms with E-state index >= 15 is 0 Å². The molecule has 0 saturated heterocycles. The Morgan fingerprint density at radius 1 is 0.957 bits per heavy atom. The lowest BCUT2D eigenvalue weighted by Gasteiger charge is -1.95. The van der Waals surface area contributed by atoms with Crippen molar-refractivity contribution in [3.05, 3.63) is 89.6 Å². The lowest BCUT2D eigenvalue weighted by molar-refractivity contribution is -0.137. The number of ether oxygens (including phenoxy) is 1. The van der Waals surface area contributed by atoms with Crippen molar-refractivity contribution in [2.24, 2.45) is 0 Å². The second kappa shape index (κ2) is 11.0. The second-order valence-electron chi connectivity index (χ2n) is 5.04. The summed E-state index contributed by atoms with van der Waals surface area (Å²) in [5.41, 5.74) is 3.23. The first-order valence-electron chi connectivity index (χ1n) is 7.71. The highest BCUT2D eigenvalue weighted by Crippen LogP contribution is 2.07. The molecule has 1 aromatic rings. The van der Waals surface area contributed by atoms with Crippen LogP contribution in [0.5, 0.6) is 0 Å². The number of allylic oxidation sites excluding steroid dienone is 8. The van der Waals surface area contributed by atoms with Crippen molar-refractivity contribution in [2.45, 2.75) is 20.8 Å². The van der Waals surface area contributed by atoms with E-state index in [1.807, 2.05) is 55.5 Å². The summed E-state index contributed by atoms with van der Waals surface area (Å²) in [5, 5.41) is 0. The van der Waals surface area contributed by atoms with Crippen molar-refractivity contribution in [3.8, 4) is 0 Å². The molecule has 0 fully saturated rings. The fourth-order valence-electron chi connectivity index (χ4n) is 1.82. The van der Waals surface area contributed by atoms with Gasteiger partial charge in [0.15, 0.2) is 0 Å². The van der Waals surface area contributed by atoms with E-state index in [9.17, 15) is 4.79 Å². The molecule has 0 atom stereocenters. The standard InChI is InChI=1S/C21H24O2/c1-4-23-21(22)17-19(3)13-9-6-5-8-12-18(2)16-20-14-10-7-11-15-20/h5-17H,4H2,1-3H3/b6-5+,12-8+,13-9+,18-16+,19-17+. The summed E-state index contributed by atoms with van der Waals surface area (Å²) in [4.78, 5) is 11.2. The third-order valence-electron chi connectivity index (χ3n) is 2.88. The van der Waals surface area contributed by atoms with Crippen LogP contribution in [0, 0.1) is 0 Å². The maximum Gasteiger partial charge on any atom is 0.330 e. The molecule has 0 heterocycles. The highest BCUT2D eigenvalue weighted by molar-refractivity contribution is 5.83. The van der Waals surface area contributed by atoms with Gasteiger partial charge in [0, 0.05) is 6.08 Å². The molecule has 2 nitrogen and oxygen atoms in total. The molecule has 0 unspecified atom stereocenters. The molecule has 23 heavy (non-hydrogen) atoms. The van der Waals surface area contributed by atoms with E-state index in [1.165, 1.54) is 17.2 Å². The molecule has 0 N–H and O–H groups in total. The summed E-state index contributed by atoms with van der Waals surface area (Å²) in [5.74, 6) is -0.305. The van der Waals surface area contributed by atoms with Gasteiger partial charge in [0.1, 0.15) is 0 Å². The second-order valence-corrected chi connectivity index (χ2v) is 5.04. The van der Waals surface area contributed by atoms with Crippen LogP contribution in [-0.4, -0.2) is 12.6 Å². The summed E-state index contributed by atoms with van der Waals surface area (Å²) >= 11 is 0. The van der Waals surface area contributed by atoms with Crippen LogP contribution in [-0.2, 0) is 9.53 Å². The van der Waals surface area contributed by atoms with Gasteiger partial charge in [0.2, 0.25) is 0 Å². The first kappa shape index (κ1) is 18.4. The van der Waals surface area contributed by atoms with Crippen LogP contribution in [0.3, 0.4) is 0 Å². The van der Waals surface area contributed by atoms with Crippen molar-refractivity contribution in [2.75, 3.05) is 6.61 Å². The minimum Gasteiger partial charge on any atom is -0.463 e. The quantitative estimate of drug-likeness (QED) is 0.390. The Labute approximate surface area is 139 Å². The first-order chi connectivity index (χ1) is 11.1. The molecule has 0 amide bonds. The molecule has 1 aromatic carbocycles. The summed E-state index contributed by atoms with van der Waals surface area (Å²) in [6, 6.07) is 10.2. The van der Waals surface area contributed by atoms with Crippen molar-refractivity contribution in [1.29, 1.82) is 0 Å². The van der Waals surface area contributed by atoms with Gasteiger partial charge in [-0.1, -0.05) is 78.4 Å². The smallest absolute Gasteiger partial charge is 0.330 e. The monoisotopic (exact) mass is 308 g/mol. The molecule has 2 heteroatoms. The summed E-state index contributed by atoms with van der Waals surface area (Å²) in [7, 11) is 0. The summed E-state index contributed by atoms with van der Waals surface area (Å²) < 4.78 is 4.85. The van der Waals surface area contributed by atoms with E-state index in [2.05, 4.69) is 31.2 Å². The SMILES string of the molecule is CCOC(=O)/C=C(C)/C=C/C=C/C=C/C(C)=C/c1ccccc1. The number of rotatable bonds is 7. The van der Waals surface area contributed by atoms with E-state index < -0.39 is 0 Å². The van der Waals surface area contributed by atoms with Gasteiger partial charge in [0.25, 0.3) is 0 Å². The Bertz CT molecular complexity index is 629. The zero-order chi connectivity index (χ0) is 16.9. The highest BCUT2D eigenvalue weighted by Gasteiger charge is 1.94. The van der Waals surface area contributed by atoms with E-state index in [0.717, 1.165) is 5.57 Å². The van der Waals surface area contributed by atoms with Crippen molar-refractivity contribution >= 4 is 12.0 Å². The average molecular weight is 308 g/mol. The van der Waals surface area contributed by atoms with Crippen LogP contribution in [0.4, 0.5) is 0 Å². The van der Waals surface area contributed by atoms with E-state index in [0.29, 0.717) is 6.61 Å². The molecule has 0 saturated carbocycles. The molecule has 0 aliphatic heterocycles. The lowest BCUT2D eigenvalue weighted by atomic mass is 10.1. The minimum absolute atomic E-state index is 0.305. The van der Waals surface area contributed by atoms with Crippen LogP contribution < -0.4 is 0 Å². The van der Waals surface area contributed by atoms with E-state index in [4.69, 9.17) is 4.74 Å². The molecule has 0 bridgehead atoms. The summed E-state index contributed by atoms with van der Waals surface area (Å²) in [6.45, 7) is 6.12. The lowest BCUT2D eigenvalue weighted by Crippen LogP contribution is -1.99. The third-order valence-corrected chi connectivity index (χ3v) is 2.88. The minimum atomic E-state index is -0.305. The van der Waals surface area contributed by atoms with Gasteiger partial charge in [-0.2, -0.15) is 0 Å². The number of hydrogen-bond acceptors (Lipinski definition) is 2. The molecular formula is C21H24O2. The van der Waals surface area contributed by atoms with Crippen molar-refractivity contribution < 1.29 is 9.53 Å². The van der Waals surface area contributed by atoms with Crippen LogP contribution in [0.25, 0.3) is 6.08 Å². The molecule has 0 aromatic heterocycles. The molecule has 0 radical (unpaired) electrons. The molecule has 120 valence electrons. The molecule has 0 spiro atoms. The Kier molecular flexibility index (Phi) is 8.84. The fraction of sp³-hybridized carbons (Fsp3) is 0.190. The van der Waals surface area contributed by atoms with Gasteiger partial charge in [-0.25, -0.2) is 4.79 Å². The van der Waals surface area contributed by atoms with E-state index in [-0.39, 0.29) is 5.97 Å². The van der Waals surface area contributed by atoms with E-state index in [1.54, 1.807) is 6.92 Å². The predicted molar refractivity (Wildman–Crippen MR) is 97.9 cm³/mol. The molecule has 0 aliphatic carbocycles. The maximum atomic E-state index is 11.2. The van der Waals surface area contributed by atoms with Gasteiger partial charge >= 0.3 is 5.97 Å². The number of carbonyl (C=O) groups excluding carboxylic acids is 1. The average Bonchev–Trinajstić information content (AvgIpc) is 2.51. The van der Waals surface area contributed by atoms with Gasteiger partial charge < -0.3 is 4.74 Å². The molecule has 0 aliphatic rings. The number of esters is 1. The van der Waals surface area contributed by atoms with Gasteiger partial charge in [-0.15, -0.1) is 0 Å². The zero-order valence-corrected chi connectivity index (χ0v) is 14.0. The predicted octanol–water partition coefficient (Wildman–Crippen LogP) is 5.27. The van der Waals surface area contributed by atoms with Crippen LogP contribution in [0.2, 0.25) is 0 Å². The molecular weight excluding hydrogens is 284 g/mol. The van der Waals surface area contributed by atoms with Crippen LogP contribution in [0.15, 0.2) is 84.0 Å². The summed E-state index contributed by atoms with van der Waals surface area (Å²) in [6.07, 6.45) is 15.3. The Morgan fingerprint density at radius 2 is 1.57 bits per heavy atom. The van der Waals surface area contributed by atoms with Crippen LogP contribution >= 0.6 is 0 Å². The normalized spacial score (nSPS) is 13.3. The number of carbonyl (C=O) groups is 1.